The largest absolute Gasteiger partial charge is 0.393 e. The van der Waals surface area contributed by atoms with E-state index in [-0.39, 0.29) is 17.7 Å². The molecule has 1 aromatic carbocycles. The number of nitrogens with one attached hydrogen (secondary N) is 2. The van der Waals surface area contributed by atoms with Crippen LogP contribution in [0.25, 0.3) is 0 Å². The van der Waals surface area contributed by atoms with Crippen molar-refractivity contribution < 1.29 is 18.7 Å². The highest BCUT2D eigenvalue weighted by molar-refractivity contribution is 5.89. The average Bonchev–Trinajstić information content (AvgIpc) is 2.42. The molecule has 0 aromatic heterocycles. The molecule has 1 aromatic rings. The van der Waals surface area contributed by atoms with E-state index in [9.17, 15) is 18.7 Å². The van der Waals surface area contributed by atoms with E-state index >= 15 is 0 Å². The highest BCUT2D eigenvalue weighted by Crippen LogP contribution is 2.23. The lowest BCUT2D eigenvalue weighted by Gasteiger charge is -2.25. The monoisotopic (exact) mass is 284 g/mol. The van der Waals surface area contributed by atoms with Crippen molar-refractivity contribution in [1.82, 2.24) is 5.32 Å². The molecule has 0 aliphatic heterocycles. The van der Waals surface area contributed by atoms with Crippen LogP contribution < -0.4 is 10.6 Å². The summed E-state index contributed by atoms with van der Waals surface area (Å²) in [6.45, 7) is 0.416. The third-order valence-electron chi connectivity index (χ3n) is 3.51. The fourth-order valence-electron chi connectivity index (χ4n) is 2.45. The Morgan fingerprint density at radius 3 is 2.90 bits per heavy atom. The quantitative estimate of drug-likeness (QED) is 0.799. The smallest absolute Gasteiger partial charge is 0.319 e. The lowest BCUT2D eigenvalue weighted by atomic mass is 9.87. The molecule has 6 heteroatoms. The van der Waals surface area contributed by atoms with Gasteiger partial charge in [0, 0.05) is 6.54 Å². The molecule has 2 rings (SSSR count). The van der Waals surface area contributed by atoms with Crippen molar-refractivity contribution in [3.05, 3.63) is 29.8 Å². The number of hydrogen-bond donors (Lipinski definition) is 3. The van der Waals surface area contributed by atoms with Crippen LogP contribution >= 0.6 is 0 Å². The first-order valence-corrected chi connectivity index (χ1v) is 6.73. The normalized spacial score (nSPS) is 22.4. The Hall–Kier alpha value is -1.69. The van der Waals surface area contributed by atoms with Crippen molar-refractivity contribution in [2.75, 3.05) is 11.9 Å². The minimum atomic E-state index is -1.07. The summed E-state index contributed by atoms with van der Waals surface area (Å²) in [7, 11) is 0. The maximum Gasteiger partial charge on any atom is 0.319 e. The van der Waals surface area contributed by atoms with Crippen LogP contribution in [0.5, 0.6) is 0 Å². The summed E-state index contributed by atoms with van der Waals surface area (Å²) < 4.78 is 26.3. The van der Waals surface area contributed by atoms with Crippen LogP contribution in [0.2, 0.25) is 0 Å². The molecule has 3 N–H and O–H groups in total. The molecular weight excluding hydrogens is 266 g/mol. The van der Waals surface area contributed by atoms with Crippen molar-refractivity contribution >= 4 is 11.7 Å². The van der Waals surface area contributed by atoms with Gasteiger partial charge >= 0.3 is 6.03 Å². The number of rotatable bonds is 3. The Bertz CT molecular complexity index is 482. The van der Waals surface area contributed by atoms with Crippen LogP contribution in [0, 0.1) is 17.6 Å². The summed E-state index contributed by atoms with van der Waals surface area (Å²) in [6.07, 6.45) is 3.05. The van der Waals surface area contributed by atoms with Gasteiger partial charge in [-0.3, -0.25) is 0 Å². The van der Waals surface area contributed by atoms with Gasteiger partial charge in [-0.2, -0.15) is 0 Å². The van der Waals surface area contributed by atoms with Crippen molar-refractivity contribution in [3.8, 4) is 0 Å². The third kappa shape index (κ3) is 3.90. The SMILES string of the molecule is O=C(NCC1CCCC(O)C1)Nc1cccc(F)c1F. The fraction of sp³-hybridized carbons (Fsp3) is 0.500. The van der Waals surface area contributed by atoms with E-state index < -0.39 is 17.7 Å². The Kier molecular flexibility index (Phi) is 4.89. The van der Waals surface area contributed by atoms with E-state index in [0.29, 0.717) is 13.0 Å². The molecule has 1 fully saturated rings. The van der Waals surface area contributed by atoms with Gasteiger partial charge in [-0.15, -0.1) is 0 Å². The van der Waals surface area contributed by atoms with Crippen molar-refractivity contribution in [1.29, 1.82) is 0 Å². The van der Waals surface area contributed by atoms with Gasteiger partial charge in [-0.05, 0) is 37.3 Å². The molecule has 2 amide bonds. The molecule has 0 radical (unpaired) electrons. The molecule has 0 saturated heterocycles. The second-order valence-electron chi connectivity index (χ2n) is 5.12. The standard InChI is InChI=1S/C14H18F2N2O2/c15-11-5-2-6-12(13(11)16)18-14(20)17-8-9-3-1-4-10(19)7-9/h2,5-6,9-10,19H,1,3-4,7-8H2,(H2,17,18,20). The first-order chi connectivity index (χ1) is 9.56. The van der Waals surface area contributed by atoms with Crippen molar-refractivity contribution in [2.45, 2.75) is 31.8 Å². The maximum atomic E-state index is 13.4. The summed E-state index contributed by atoms with van der Waals surface area (Å²) in [5, 5.41) is 14.4. The Morgan fingerprint density at radius 2 is 2.15 bits per heavy atom. The maximum absolute atomic E-state index is 13.4. The zero-order chi connectivity index (χ0) is 14.5. The van der Waals surface area contributed by atoms with Crippen LogP contribution in [0.3, 0.4) is 0 Å². The second kappa shape index (κ2) is 6.65. The van der Waals surface area contributed by atoms with E-state index in [1.807, 2.05) is 0 Å². The minimum Gasteiger partial charge on any atom is -0.393 e. The average molecular weight is 284 g/mol. The molecule has 1 saturated carbocycles. The molecule has 2 atom stereocenters. The molecule has 4 nitrogen and oxygen atoms in total. The second-order valence-corrected chi connectivity index (χ2v) is 5.12. The van der Waals surface area contributed by atoms with E-state index in [1.165, 1.54) is 12.1 Å². The van der Waals surface area contributed by atoms with Gasteiger partial charge in [-0.25, -0.2) is 13.6 Å². The number of hydrogen-bond acceptors (Lipinski definition) is 2. The van der Waals surface area contributed by atoms with E-state index in [0.717, 1.165) is 25.3 Å². The first kappa shape index (κ1) is 14.7. The number of aliphatic hydroxyl groups is 1. The lowest BCUT2D eigenvalue weighted by Crippen LogP contribution is -2.35. The van der Waals surface area contributed by atoms with Crippen LogP contribution in [0.1, 0.15) is 25.7 Å². The van der Waals surface area contributed by atoms with Crippen LogP contribution in [0.4, 0.5) is 19.3 Å². The molecular formula is C14H18F2N2O2. The van der Waals surface area contributed by atoms with Crippen molar-refractivity contribution in [2.24, 2.45) is 5.92 Å². The number of carbonyl (C=O) groups is 1. The number of anilines is 1. The number of amides is 2. The minimum absolute atomic E-state index is 0.189. The fourth-order valence-corrected chi connectivity index (χ4v) is 2.45. The van der Waals surface area contributed by atoms with Gasteiger partial charge in [0.05, 0.1) is 11.8 Å². The number of benzene rings is 1. The van der Waals surface area contributed by atoms with Gasteiger partial charge in [0.2, 0.25) is 0 Å². The summed E-state index contributed by atoms with van der Waals surface area (Å²) in [6, 6.07) is 3.03. The Morgan fingerprint density at radius 1 is 1.35 bits per heavy atom. The molecule has 0 heterocycles. The summed E-state index contributed by atoms with van der Waals surface area (Å²) >= 11 is 0. The van der Waals surface area contributed by atoms with Gasteiger partial charge in [-0.1, -0.05) is 12.5 Å². The predicted molar refractivity (Wildman–Crippen MR) is 71.3 cm³/mol. The predicted octanol–water partition coefficient (Wildman–Crippen LogP) is 2.64. The Labute approximate surface area is 116 Å². The summed E-state index contributed by atoms with van der Waals surface area (Å²) in [5.74, 6) is -1.85. The zero-order valence-corrected chi connectivity index (χ0v) is 11.0. The Balaban J connectivity index is 1.82. The summed E-state index contributed by atoms with van der Waals surface area (Å²) in [5.41, 5.74) is -0.189. The molecule has 20 heavy (non-hydrogen) atoms. The van der Waals surface area contributed by atoms with Gasteiger partial charge in [0.25, 0.3) is 0 Å². The first-order valence-electron chi connectivity index (χ1n) is 6.73. The lowest BCUT2D eigenvalue weighted by molar-refractivity contribution is 0.101. The molecule has 0 bridgehead atoms. The van der Waals surface area contributed by atoms with Gasteiger partial charge in [0.15, 0.2) is 11.6 Å². The van der Waals surface area contributed by atoms with Crippen LogP contribution in [0.15, 0.2) is 18.2 Å². The van der Waals surface area contributed by atoms with Crippen LogP contribution in [-0.2, 0) is 0 Å². The topological polar surface area (TPSA) is 61.4 Å². The van der Waals surface area contributed by atoms with E-state index in [2.05, 4.69) is 10.6 Å². The zero-order valence-electron chi connectivity index (χ0n) is 11.0. The number of carbonyl (C=O) groups excluding carboxylic acids is 1. The number of halogens is 2. The third-order valence-corrected chi connectivity index (χ3v) is 3.51. The molecule has 110 valence electrons. The van der Waals surface area contributed by atoms with Crippen LogP contribution in [-0.4, -0.2) is 23.8 Å². The van der Waals surface area contributed by atoms with Gasteiger partial charge < -0.3 is 15.7 Å². The molecule has 1 aliphatic carbocycles. The highest BCUT2D eigenvalue weighted by Gasteiger charge is 2.20. The molecule has 2 unspecified atom stereocenters. The van der Waals surface area contributed by atoms with E-state index in [1.54, 1.807) is 0 Å². The highest BCUT2D eigenvalue weighted by atomic mass is 19.2. The molecule has 1 aliphatic rings. The number of urea groups is 1. The van der Waals surface area contributed by atoms with Gasteiger partial charge in [0.1, 0.15) is 0 Å². The molecule has 0 spiro atoms. The van der Waals surface area contributed by atoms with E-state index in [4.69, 9.17) is 0 Å². The number of aliphatic hydroxyl groups excluding tert-OH is 1. The summed E-state index contributed by atoms with van der Waals surface area (Å²) in [4.78, 5) is 11.6. The van der Waals surface area contributed by atoms with Crippen molar-refractivity contribution in [3.63, 3.8) is 0 Å².